The first kappa shape index (κ1) is 17.3. The fourth-order valence-electron chi connectivity index (χ4n) is 3.23. The van der Waals surface area contributed by atoms with Crippen LogP contribution >= 0.6 is 0 Å². The fourth-order valence-corrected chi connectivity index (χ4v) is 3.23. The zero-order chi connectivity index (χ0) is 18.5. The molecule has 0 saturated carbocycles. The third-order valence-corrected chi connectivity index (χ3v) is 4.56. The van der Waals surface area contributed by atoms with Gasteiger partial charge in [0.25, 0.3) is 0 Å². The number of aromatic nitrogens is 2. The molecule has 0 amide bonds. The van der Waals surface area contributed by atoms with Crippen LogP contribution in [-0.2, 0) is 0 Å². The van der Waals surface area contributed by atoms with Crippen LogP contribution in [0.25, 0.3) is 0 Å². The summed E-state index contributed by atoms with van der Waals surface area (Å²) in [5.74, 6) is 2.15. The van der Waals surface area contributed by atoms with Crippen molar-refractivity contribution in [3.05, 3.63) is 67.0 Å². The maximum Gasteiger partial charge on any atom is 0.243 e. The number of hydrogen-bond donors (Lipinski definition) is 2. The summed E-state index contributed by atoms with van der Waals surface area (Å²) in [6, 6.07) is 17.7. The number of pyridine rings is 2. The van der Waals surface area contributed by atoms with Crippen LogP contribution in [0.2, 0.25) is 0 Å². The quantitative estimate of drug-likeness (QED) is 0.717. The van der Waals surface area contributed by atoms with E-state index in [0.29, 0.717) is 5.88 Å². The number of nitrogens with one attached hydrogen (secondary N) is 1. The highest BCUT2D eigenvalue weighted by Gasteiger charge is 2.20. The zero-order valence-corrected chi connectivity index (χ0v) is 15.1. The summed E-state index contributed by atoms with van der Waals surface area (Å²) in [5, 5.41) is 3.26. The first-order chi connectivity index (χ1) is 13.3. The lowest BCUT2D eigenvalue weighted by molar-refractivity contribution is 0.452. The molecule has 6 heteroatoms. The third-order valence-electron chi connectivity index (χ3n) is 4.56. The first-order valence-electron chi connectivity index (χ1n) is 9.19. The lowest BCUT2D eigenvalue weighted by Crippen LogP contribution is -2.43. The van der Waals surface area contributed by atoms with Gasteiger partial charge in [-0.2, -0.15) is 0 Å². The Morgan fingerprint density at radius 3 is 2.63 bits per heavy atom. The molecule has 0 bridgehead atoms. The van der Waals surface area contributed by atoms with Gasteiger partial charge >= 0.3 is 0 Å². The minimum Gasteiger partial charge on any atom is -0.437 e. The molecule has 1 atom stereocenters. The minimum absolute atomic E-state index is 0.198. The standard InChI is InChI=1S/C21H23N5O/c22-16-5-4-14-26(15-16)19-6-3-13-24-21(19)27-18-10-8-17(9-11-18)25-20-7-1-2-12-23-20/h1-3,6-13,16H,4-5,14-15,22H2,(H,23,25). The van der Waals surface area contributed by atoms with Crippen molar-refractivity contribution in [1.29, 1.82) is 0 Å². The van der Waals surface area contributed by atoms with Crippen molar-refractivity contribution < 1.29 is 4.74 Å². The van der Waals surface area contributed by atoms with Crippen LogP contribution in [0.5, 0.6) is 11.6 Å². The SMILES string of the molecule is NC1CCCN(c2cccnc2Oc2ccc(Nc3ccccn3)cc2)C1. The number of hydrogen-bond acceptors (Lipinski definition) is 6. The van der Waals surface area contributed by atoms with Gasteiger partial charge in [-0.3, -0.25) is 0 Å². The second kappa shape index (κ2) is 8.05. The van der Waals surface area contributed by atoms with Crippen molar-refractivity contribution in [3.8, 4) is 11.6 Å². The van der Waals surface area contributed by atoms with Gasteiger partial charge in [0.05, 0.1) is 0 Å². The van der Waals surface area contributed by atoms with Crippen LogP contribution in [0.3, 0.4) is 0 Å². The van der Waals surface area contributed by atoms with E-state index in [1.54, 1.807) is 12.4 Å². The molecular weight excluding hydrogens is 338 g/mol. The fraction of sp³-hybridized carbons (Fsp3) is 0.238. The van der Waals surface area contributed by atoms with Gasteiger partial charge in [-0.05, 0) is 61.4 Å². The summed E-state index contributed by atoms with van der Waals surface area (Å²) in [4.78, 5) is 11.0. The van der Waals surface area contributed by atoms with Gasteiger partial charge in [-0.1, -0.05) is 6.07 Å². The van der Waals surface area contributed by atoms with Gasteiger partial charge in [0.1, 0.15) is 17.3 Å². The molecule has 3 N–H and O–H groups in total. The Morgan fingerprint density at radius 2 is 1.85 bits per heavy atom. The summed E-state index contributed by atoms with van der Waals surface area (Å²) in [6.45, 7) is 1.80. The molecule has 0 spiro atoms. The molecule has 0 radical (unpaired) electrons. The van der Waals surface area contributed by atoms with Gasteiger partial charge in [0.2, 0.25) is 5.88 Å². The van der Waals surface area contributed by atoms with E-state index in [-0.39, 0.29) is 6.04 Å². The number of nitrogens with two attached hydrogens (primary N) is 1. The van der Waals surface area contributed by atoms with E-state index in [1.165, 1.54) is 0 Å². The Labute approximate surface area is 159 Å². The average molecular weight is 361 g/mol. The van der Waals surface area contributed by atoms with Crippen molar-refractivity contribution in [2.45, 2.75) is 18.9 Å². The van der Waals surface area contributed by atoms with Gasteiger partial charge < -0.3 is 20.7 Å². The number of ether oxygens (including phenoxy) is 1. The van der Waals surface area contributed by atoms with Crippen LogP contribution in [0.1, 0.15) is 12.8 Å². The topological polar surface area (TPSA) is 76.3 Å². The van der Waals surface area contributed by atoms with E-state index in [4.69, 9.17) is 10.5 Å². The Bertz CT molecular complexity index is 869. The molecule has 0 aliphatic carbocycles. The highest BCUT2D eigenvalue weighted by Crippen LogP contribution is 2.32. The third kappa shape index (κ3) is 4.35. The Balaban J connectivity index is 1.48. The van der Waals surface area contributed by atoms with Gasteiger partial charge in [0, 0.05) is 37.2 Å². The highest BCUT2D eigenvalue weighted by molar-refractivity contribution is 5.59. The number of nitrogens with zero attached hydrogens (tertiary/aromatic N) is 3. The summed E-state index contributed by atoms with van der Waals surface area (Å²) in [7, 11) is 0. The van der Waals surface area contributed by atoms with Crippen LogP contribution < -0.4 is 20.7 Å². The van der Waals surface area contributed by atoms with E-state index in [1.807, 2.05) is 54.6 Å². The number of piperidine rings is 1. The smallest absolute Gasteiger partial charge is 0.243 e. The van der Waals surface area contributed by atoms with Crippen molar-refractivity contribution in [2.75, 3.05) is 23.3 Å². The predicted octanol–water partition coefficient (Wildman–Crippen LogP) is 3.94. The van der Waals surface area contributed by atoms with Gasteiger partial charge in [-0.25, -0.2) is 9.97 Å². The van der Waals surface area contributed by atoms with Crippen LogP contribution in [0.4, 0.5) is 17.2 Å². The van der Waals surface area contributed by atoms with Gasteiger partial charge in [0.15, 0.2) is 0 Å². The van der Waals surface area contributed by atoms with Crippen molar-refractivity contribution in [3.63, 3.8) is 0 Å². The molecule has 6 nitrogen and oxygen atoms in total. The second-order valence-corrected chi connectivity index (χ2v) is 6.64. The lowest BCUT2D eigenvalue weighted by Gasteiger charge is -2.33. The highest BCUT2D eigenvalue weighted by atomic mass is 16.5. The predicted molar refractivity (Wildman–Crippen MR) is 108 cm³/mol. The molecular formula is C21H23N5O. The van der Waals surface area contributed by atoms with Crippen molar-refractivity contribution in [2.24, 2.45) is 5.73 Å². The number of rotatable bonds is 5. The molecule has 1 aliphatic rings. The van der Waals surface area contributed by atoms with Crippen molar-refractivity contribution in [1.82, 2.24) is 9.97 Å². The van der Waals surface area contributed by atoms with Crippen LogP contribution in [0.15, 0.2) is 67.0 Å². The molecule has 4 rings (SSSR count). The van der Waals surface area contributed by atoms with Crippen LogP contribution in [-0.4, -0.2) is 29.1 Å². The Morgan fingerprint density at radius 1 is 1.00 bits per heavy atom. The molecule has 3 heterocycles. The van der Waals surface area contributed by atoms with Crippen molar-refractivity contribution >= 4 is 17.2 Å². The number of anilines is 3. The van der Waals surface area contributed by atoms with Gasteiger partial charge in [-0.15, -0.1) is 0 Å². The molecule has 1 fully saturated rings. The molecule has 138 valence electrons. The maximum absolute atomic E-state index is 6.13. The largest absolute Gasteiger partial charge is 0.437 e. The molecule has 1 saturated heterocycles. The molecule has 3 aromatic rings. The van der Waals surface area contributed by atoms with E-state index in [9.17, 15) is 0 Å². The average Bonchev–Trinajstić information content (AvgIpc) is 2.71. The lowest BCUT2D eigenvalue weighted by atomic mass is 10.1. The monoisotopic (exact) mass is 361 g/mol. The second-order valence-electron chi connectivity index (χ2n) is 6.64. The number of benzene rings is 1. The summed E-state index contributed by atoms with van der Waals surface area (Å²) in [5.41, 5.74) is 8.07. The molecule has 2 aromatic heterocycles. The zero-order valence-electron chi connectivity index (χ0n) is 15.1. The van der Waals surface area contributed by atoms with E-state index in [2.05, 4.69) is 20.2 Å². The molecule has 1 aromatic carbocycles. The summed E-state index contributed by atoms with van der Waals surface area (Å²) >= 11 is 0. The Kier molecular flexibility index (Phi) is 5.16. The van der Waals surface area contributed by atoms with Crippen LogP contribution in [0, 0.1) is 0 Å². The first-order valence-corrected chi connectivity index (χ1v) is 9.19. The van der Waals surface area contributed by atoms with E-state index >= 15 is 0 Å². The minimum atomic E-state index is 0.198. The maximum atomic E-state index is 6.13. The van der Waals surface area contributed by atoms with E-state index in [0.717, 1.165) is 48.9 Å². The molecule has 1 aliphatic heterocycles. The Hall–Kier alpha value is -3.12. The molecule has 27 heavy (non-hydrogen) atoms. The molecule has 1 unspecified atom stereocenters. The van der Waals surface area contributed by atoms with E-state index < -0.39 is 0 Å². The summed E-state index contributed by atoms with van der Waals surface area (Å²) in [6.07, 6.45) is 5.66. The summed E-state index contributed by atoms with van der Waals surface area (Å²) < 4.78 is 6.07. The normalized spacial score (nSPS) is 16.8.